The molecule has 2 fully saturated rings. The van der Waals surface area contributed by atoms with Crippen molar-refractivity contribution in [3.05, 3.63) is 41.5 Å². The van der Waals surface area contributed by atoms with Gasteiger partial charge in [0.2, 0.25) is 0 Å². The first-order valence-electron chi connectivity index (χ1n) is 8.18. The minimum Gasteiger partial charge on any atom is -0.444 e. The van der Waals surface area contributed by atoms with Crippen molar-refractivity contribution in [2.45, 2.75) is 64.1 Å². The van der Waals surface area contributed by atoms with Gasteiger partial charge in [-0.1, -0.05) is 42.0 Å². The topological polar surface area (TPSA) is 29.5 Å². The van der Waals surface area contributed by atoms with E-state index in [-0.39, 0.29) is 6.09 Å². The van der Waals surface area contributed by atoms with E-state index < -0.39 is 5.60 Å². The van der Waals surface area contributed by atoms with Crippen molar-refractivity contribution in [3.63, 3.8) is 0 Å². The van der Waals surface area contributed by atoms with E-state index in [0.29, 0.717) is 12.1 Å². The lowest BCUT2D eigenvalue weighted by atomic mass is 9.95. The number of carbonyl (C=O) groups excluding carboxylic acids is 1. The molecular formula is C19H25NO2. The molecule has 2 bridgehead atoms. The van der Waals surface area contributed by atoms with Gasteiger partial charge in [0.05, 0.1) is 0 Å². The number of rotatable bonds is 1. The van der Waals surface area contributed by atoms with E-state index in [1.54, 1.807) is 0 Å². The molecule has 2 aliphatic heterocycles. The number of carbonyl (C=O) groups is 1. The van der Waals surface area contributed by atoms with E-state index in [1.165, 1.54) is 11.1 Å². The number of ether oxygens (including phenoxy) is 1. The van der Waals surface area contributed by atoms with Gasteiger partial charge in [0.25, 0.3) is 0 Å². The lowest BCUT2D eigenvalue weighted by Crippen LogP contribution is -2.46. The summed E-state index contributed by atoms with van der Waals surface area (Å²) in [5.74, 6) is 0. The Labute approximate surface area is 133 Å². The average molecular weight is 299 g/mol. The monoisotopic (exact) mass is 299 g/mol. The Kier molecular flexibility index (Phi) is 3.98. The molecule has 3 heteroatoms. The predicted octanol–water partition coefficient (Wildman–Crippen LogP) is 4.63. The van der Waals surface area contributed by atoms with Gasteiger partial charge in [0.15, 0.2) is 0 Å². The molecule has 1 amide bonds. The molecule has 2 saturated heterocycles. The molecule has 2 heterocycles. The third-order valence-corrected chi connectivity index (χ3v) is 4.39. The van der Waals surface area contributed by atoms with Crippen LogP contribution in [-0.2, 0) is 4.74 Å². The minimum absolute atomic E-state index is 0.140. The maximum Gasteiger partial charge on any atom is 0.410 e. The summed E-state index contributed by atoms with van der Waals surface area (Å²) in [5, 5.41) is 0. The smallest absolute Gasteiger partial charge is 0.410 e. The van der Waals surface area contributed by atoms with Crippen LogP contribution in [0.2, 0.25) is 0 Å². The first-order chi connectivity index (χ1) is 10.4. The second kappa shape index (κ2) is 5.79. The van der Waals surface area contributed by atoms with Crippen LogP contribution in [0.25, 0.3) is 6.08 Å². The van der Waals surface area contributed by atoms with Crippen molar-refractivity contribution in [2.24, 2.45) is 0 Å². The maximum absolute atomic E-state index is 12.4. The summed E-state index contributed by atoms with van der Waals surface area (Å²) in [6.07, 6.45) is 6.29. The lowest BCUT2D eigenvalue weighted by Gasteiger charge is -2.37. The quantitative estimate of drug-likeness (QED) is 0.756. The van der Waals surface area contributed by atoms with Gasteiger partial charge in [-0.3, -0.25) is 0 Å². The van der Waals surface area contributed by atoms with Crippen molar-refractivity contribution in [3.8, 4) is 0 Å². The molecule has 1 aromatic carbocycles. The normalized spacial score (nSPS) is 24.3. The molecule has 2 aliphatic rings. The highest BCUT2D eigenvalue weighted by Crippen LogP contribution is 2.39. The fraction of sp³-hybridized carbons (Fsp3) is 0.526. The summed E-state index contributed by atoms with van der Waals surface area (Å²) in [7, 11) is 0. The van der Waals surface area contributed by atoms with Crippen LogP contribution in [0.4, 0.5) is 4.79 Å². The Balaban J connectivity index is 1.72. The van der Waals surface area contributed by atoms with E-state index in [4.69, 9.17) is 4.74 Å². The highest BCUT2D eigenvalue weighted by molar-refractivity contribution is 5.70. The zero-order chi connectivity index (χ0) is 15.7. The zero-order valence-corrected chi connectivity index (χ0v) is 13.7. The molecule has 0 aromatic heterocycles. The van der Waals surface area contributed by atoms with E-state index in [1.807, 2.05) is 31.7 Å². The van der Waals surface area contributed by atoms with Crippen molar-refractivity contribution in [1.82, 2.24) is 4.90 Å². The number of benzene rings is 1. The second-order valence-corrected chi connectivity index (χ2v) is 7.39. The molecule has 0 N–H and O–H groups in total. The van der Waals surface area contributed by atoms with Crippen molar-refractivity contribution < 1.29 is 9.53 Å². The maximum atomic E-state index is 12.4. The van der Waals surface area contributed by atoms with Crippen LogP contribution in [0.3, 0.4) is 0 Å². The van der Waals surface area contributed by atoms with Gasteiger partial charge in [0.1, 0.15) is 5.60 Å². The third-order valence-electron chi connectivity index (χ3n) is 4.39. The first kappa shape index (κ1) is 15.1. The van der Waals surface area contributed by atoms with Crippen LogP contribution in [0.1, 0.15) is 52.0 Å². The third kappa shape index (κ3) is 3.34. The SMILES string of the molecule is CC(C)(C)OC(=O)N1C2CCC1CC(=Cc1ccccc1)C2. The summed E-state index contributed by atoms with van der Waals surface area (Å²) < 4.78 is 5.58. The highest BCUT2D eigenvalue weighted by Gasteiger charge is 2.42. The van der Waals surface area contributed by atoms with Gasteiger partial charge in [-0.25, -0.2) is 4.79 Å². The average Bonchev–Trinajstić information content (AvgIpc) is 2.70. The van der Waals surface area contributed by atoms with Gasteiger partial charge >= 0.3 is 6.09 Å². The molecule has 2 unspecified atom stereocenters. The summed E-state index contributed by atoms with van der Waals surface area (Å²) in [6.45, 7) is 5.78. The Hall–Kier alpha value is -1.77. The van der Waals surface area contributed by atoms with Crippen LogP contribution in [-0.4, -0.2) is 28.7 Å². The van der Waals surface area contributed by atoms with Crippen LogP contribution < -0.4 is 0 Å². The standard InChI is InChI=1S/C19H25NO2/c1-19(2,3)22-18(21)20-16-9-10-17(20)13-15(12-16)11-14-7-5-4-6-8-14/h4-8,11,16-17H,9-10,12-13H2,1-3H3. The van der Waals surface area contributed by atoms with Crippen LogP contribution in [0.15, 0.2) is 35.9 Å². The summed E-state index contributed by atoms with van der Waals surface area (Å²) in [6, 6.07) is 11.1. The van der Waals surface area contributed by atoms with E-state index in [2.05, 4.69) is 30.3 Å². The van der Waals surface area contributed by atoms with Crippen molar-refractivity contribution in [1.29, 1.82) is 0 Å². The first-order valence-corrected chi connectivity index (χ1v) is 8.18. The molecule has 0 spiro atoms. The Morgan fingerprint density at radius 2 is 1.73 bits per heavy atom. The van der Waals surface area contributed by atoms with Crippen molar-refractivity contribution >= 4 is 12.2 Å². The molecule has 0 saturated carbocycles. The Morgan fingerprint density at radius 3 is 2.27 bits per heavy atom. The predicted molar refractivity (Wildman–Crippen MR) is 88.5 cm³/mol. The molecule has 22 heavy (non-hydrogen) atoms. The van der Waals surface area contributed by atoms with Gasteiger partial charge in [-0.15, -0.1) is 0 Å². The Bertz CT molecular complexity index is 555. The number of nitrogens with zero attached hydrogens (tertiary/aromatic N) is 1. The van der Waals surface area contributed by atoms with Crippen LogP contribution >= 0.6 is 0 Å². The second-order valence-electron chi connectivity index (χ2n) is 7.39. The largest absolute Gasteiger partial charge is 0.444 e. The summed E-state index contributed by atoms with van der Waals surface area (Å²) in [5.41, 5.74) is 2.29. The van der Waals surface area contributed by atoms with Gasteiger partial charge in [-0.05, 0) is 52.0 Å². The molecule has 3 nitrogen and oxygen atoms in total. The molecule has 118 valence electrons. The van der Waals surface area contributed by atoms with Gasteiger partial charge in [-0.2, -0.15) is 0 Å². The fourth-order valence-electron chi connectivity index (χ4n) is 3.57. The fourth-order valence-corrected chi connectivity index (χ4v) is 3.57. The number of hydrogen-bond acceptors (Lipinski definition) is 2. The minimum atomic E-state index is -0.420. The van der Waals surface area contributed by atoms with Crippen LogP contribution in [0.5, 0.6) is 0 Å². The van der Waals surface area contributed by atoms with Crippen LogP contribution in [0, 0.1) is 0 Å². The Morgan fingerprint density at radius 1 is 1.14 bits per heavy atom. The number of hydrogen-bond donors (Lipinski definition) is 0. The molecule has 3 rings (SSSR count). The molecule has 2 atom stereocenters. The van der Waals surface area contributed by atoms with E-state index >= 15 is 0 Å². The van der Waals surface area contributed by atoms with Gasteiger partial charge < -0.3 is 9.64 Å². The molecule has 0 aliphatic carbocycles. The van der Waals surface area contributed by atoms with Gasteiger partial charge in [0, 0.05) is 12.1 Å². The molecule has 1 aromatic rings. The number of amides is 1. The summed E-state index contributed by atoms with van der Waals surface area (Å²) >= 11 is 0. The molecular weight excluding hydrogens is 274 g/mol. The lowest BCUT2D eigenvalue weighted by molar-refractivity contribution is 0.0116. The summed E-state index contributed by atoms with van der Waals surface area (Å²) in [4.78, 5) is 14.4. The number of piperidine rings is 1. The van der Waals surface area contributed by atoms with E-state index in [0.717, 1.165) is 25.7 Å². The number of fused-ring (bicyclic) bond motifs is 2. The van der Waals surface area contributed by atoms with E-state index in [9.17, 15) is 4.79 Å². The zero-order valence-electron chi connectivity index (χ0n) is 13.7. The van der Waals surface area contributed by atoms with Crippen molar-refractivity contribution in [2.75, 3.05) is 0 Å². The highest BCUT2D eigenvalue weighted by atomic mass is 16.6. The molecule has 0 radical (unpaired) electrons.